The maximum Gasteiger partial charge on any atom is 0.271 e. The summed E-state index contributed by atoms with van der Waals surface area (Å²) in [6.45, 7) is 0.444. The molecule has 1 fully saturated rings. The first-order chi connectivity index (χ1) is 11.4. The zero-order valence-corrected chi connectivity index (χ0v) is 15.2. The molecule has 3 rings (SSSR count). The van der Waals surface area contributed by atoms with E-state index in [0.29, 0.717) is 17.2 Å². The number of methoxy groups -OCH3 is 1. The van der Waals surface area contributed by atoms with Gasteiger partial charge in [-0.05, 0) is 42.1 Å². The molecule has 2 aromatic carbocycles. The summed E-state index contributed by atoms with van der Waals surface area (Å²) in [4.78, 5) is 11.3. The predicted molar refractivity (Wildman–Crippen MR) is 103 cm³/mol. The molecule has 2 aromatic rings. The minimum absolute atomic E-state index is 0.0293. The lowest BCUT2D eigenvalue weighted by atomic mass is 10.3. The monoisotopic (exact) mass is 379 g/mol. The highest BCUT2D eigenvalue weighted by atomic mass is 32.4. The van der Waals surface area contributed by atoms with Crippen LogP contribution in [0.5, 0.6) is 5.75 Å². The minimum Gasteiger partial charge on any atom is -0.497 e. The van der Waals surface area contributed by atoms with Crippen LogP contribution in [0.4, 0.5) is 11.4 Å². The second-order valence-electron chi connectivity index (χ2n) is 5.14. The third-order valence-corrected chi connectivity index (χ3v) is 8.17. The number of benzene rings is 2. The standard InChI is InChI=1S/C15H14N3O3PS2/c1-21-13-5-7-14(8-6-13)22(24)16-15(23)10-17(22)11-3-2-4-12(9-11)18(19)20/h2-9H,10H2,1H3,(H,16,23,24). The van der Waals surface area contributed by atoms with Crippen molar-refractivity contribution in [3.05, 3.63) is 58.6 Å². The van der Waals surface area contributed by atoms with Gasteiger partial charge in [-0.3, -0.25) is 10.1 Å². The van der Waals surface area contributed by atoms with Gasteiger partial charge in [0.1, 0.15) is 10.7 Å². The van der Waals surface area contributed by atoms with Crippen LogP contribution < -0.4 is 19.8 Å². The summed E-state index contributed by atoms with van der Waals surface area (Å²) in [5, 5.41) is 15.2. The van der Waals surface area contributed by atoms with E-state index in [0.717, 1.165) is 11.1 Å². The molecule has 9 heteroatoms. The lowest BCUT2D eigenvalue weighted by molar-refractivity contribution is -0.384. The highest BCUT2D eigenvalue weighted by molar-refractivity contribution is 8.18. The number of thiocarbonyl (C=S) groups is 1. The number of hydrogen-bond acceptors (Lipinski definition) is 5. The summed E-state index contributed by atoms with van der Waals surface area (Å²) in [7, 11) is 1.60. The summed E-state index contributed by atoms with van der Waals surface area (Å²) in [5.41, 5.74) is 0.720. The normalized spacial score (nSPS) is 19.9. The maximum absolute atomic E-state index is 11.0. The van der Waals surface area contributed by atoms with Crippen molar-refractivity contribution in [3.8, 4) is 5.75 Å². The van der Waals surface area contributed by atoms with Crippen molar-refractivity contribution >= 4 is 52.0 Å². The van der Waals surface area contributed by atoms with Gasteiger partial charge in [-0.25, -0.2) is 0 Å². The minimum atomic E-state index is -2.39. The summed E-state index contributed by atoms with van der Waals surface area (Å²) < 4.78 is 7.14. The molecule has 0 amide bonds. The summed E-state index contributed by atoms with van der Waals surface area (Å²) in [6, 6.07) is 14.0. The van der Waals surface area contributed by atoms with E-state index in [1.165, 1.54) is 12.1 Å². The number of nitrogens with one attached hydrogen (secondary N) is 1. The Morgan fingerprint density at radius 3 is 2.62 bits per heavy atom. The van der Waals surface area contributed by atoms with E-state index in [9.17, 15) is 10.1 Å². The van der Waals surface area contributed by atoms with Gasteiger partial charge in [-0.1, -0.05) is 18.3 Å². The Morgan fingerprint density at radius 1 is 1.29 bits per heavy atom. The maximum atomic E-state index is 11.0. The zero-order chi connectivity index (χ0) is 17.3. The quantitative estimate of drug-likeness (QED) is 0.379. The molecule has 0 aliphatic carbocycles. The van der Waals surface area contributed by atoms with Crippen molar-refractivity contribution in [1.29, 1.82) is 0 Å². The molecular formula is C15H14N3O3PS2. The van der Waals surface area contributed by atoms with Gasteiger partial charge >= 0.3 is 0 Å². The van der Waals surface area contributed by atoms with Crippen LogP contribution in [0, 0.1) is 10.1 Å². The van der Waals surface area contributed by atoms with Crippen molar-refractivity contribution in [2.24, 2.45) is 0 Å². The number of hydrogen-bond donors (Lipinski definition) is 1. The van der Waals surface area contributed by atoms with Crippen molar-refractivity contribution in [3.63, 3.8) is 0 Å². The van der Waals surface area contributed by atoms with E-state index in [1.54, 1.807) is 13.2 Å². The Bertz CT molecular complexity index is 857. The summed E-state index contributed by atoms with van der Waals surface area (Å²) in [5.74, 6) is 0.740. The predicted octanol–water partition coefficient (Wildman–Crippen LogP) is 2.98. The van der Waals surface area contributed by atoms with Crippen molar-refractivity contribution in [1.82, 2.24) is 5.09 Å². The van der Waals surface area contributed by atoms with Gasteiger partial charge in [0.2, 0.25) is 0 Å². The van der Waals surface area contributed by atoms with Gasteiger partial charge in [0.05, 0.1) is 18.6 Å². The zero-order valence-electron chi connectivity index (χ0n) is 12.7. The molecule has 0 aromatic heterocycles. The first-order valence-corrected chi connectivity index (χ1v) is 10.2. The van der Waals surface area contributed by atoms with E-state index in [1.807, 2.05) is 35.0 Å². The fourth-order valence-corrected chi connectivity index (χ4v) is 6.74. The number of nitro benzene ring substituents is 1. The number of non-ortho nitro benzene ring substituents is 1. The van der Waals surface area contributed by atoms with Gasteiger partial charge in [0, 0.05) is 23.1 Å². The number of rotatable bonds is 4. The second-order valence-corrected chi connectivity index (χ2v) is 9.60. The Hall–Kier alpha value is -2.02. The Morgan fingerprint density at radius 2 is 2.00 bits per heavy atom. The first-order valence-electron chi connectivity index (χ1n) is 7.02. The average Bonchev–Trinajstić information content (AvgIpc) is 2.91. The molecule has 1 saturated heterocycles. The molecule has 1 aliphatic heterocycles. The second kappa shape index (κ2) is 6.47. The molecule has 1 heterocycles. The largest absolute Gasteiger partial charge is 0.497 e. The lowest BCUT2D eigenvalue weighted by Crippen LogP contribution is -2.24. The van der Waals surface area contributed by atoms with E-state index < -0.39 is 11.3 Å². The molecule has 0 bridgehead atoms. The van der Waals surface area contributed by atoms with Crippen LogP contribution in [0.15, 0.2) is 48.5 Å². The molecule has 1 unspecified atom stereocenters. The fourth-order valence-electron chi connectivity index (χ4n) is 2.51. The van der Waals surface area contributed by atoms with Gasteiger partial charge in [-0.2, -0.15) is 0 Å². The highest BCUT2D eigenvalue weighted by Gasteiger charge is 2.36. The van der Waals surface area contributed by atoms with Crippen molar-refractivity contribution in [2.45, 2.75) is 0 Å². The average molecular weight is 379 g/mol. The molecule has 1 atom stereocenters. The third kappa shape index (κ3) is 3.00. The van der Waals surface area contributed by atoms with E-state index in [2.05, 4.69) is 5.09 Å². The summed E-state index contributed by atoms with van der Waals surface area (Å²) in [6.07, 6.45) is -2.39. The summed E-state index contributed by atoms with van der Waals surface area (Å²) >= 11 is 11.3. The number of nitro groups is 1. The third-order valence-electron chi connectivity index (χ3n) is 3.67. The van der Waals surface area contributed by atoms with Crippen LogP contribution >= 0.6 is 18.6 Å². The molecular weight excluding hydrogens is 365 g/mol. The number of nitrogens with zero attached hydrogens (tertiary/aromatic N) is 2. The van der Waals surface area contributed by atoms with Crippen LogP contribution in [0.25, 0.3) is 0 Å². The van der Waals surface area contributed by atoms with Crippen LogP contribution in [0.2, 0.25) is 0 Å². The van der Waals surface area contributed by atoms with Crippen LogP contribution in [0.1, 0.15) is 0 Å². The number of ether oxygens (including phenoxy) is 1. The molecule has 1 N–H and O–H groups in total. The molecule has 0 saturated carbocycles. The molecule has 1 aliphatic rings. The smallest absolute Gasteiger partial charge is 0.271 e. The van der Waals surface area contributed by atoms with Gasteiger partial charge in [-0.15, -0.1) is 0 Å². The van der Waals surface area contributed by atoms with E-state index in [4.69, 9.17) is 28.8 Å². The van der Waals surface area contributed by atoms with Crippen molar-refractivity contribution in [2.75, 3.05) is 18.3 Å². The van der Waals surface area contributed by atoms with E-state index >= 15 is 0 Å². The van der Waals surface area contributed by atoms with Crippen molar-refractivity contribution < 1.29 is 9.66 Å². The Labute approximate surface area is 149 Å². The van der Waals surface area contributed by atoms with Gasteiger partial charge < -0.3 is 14.5 Å². The van der Waals surface area contributed by atoms with Crippen LogP contribution in [0.3, 0.4) is 0 Å². The number of anilines is 1. The lowest BCUT2D eigenvalue weighted by Gasteiger charge is -2.29. The molecule has 0 radical (unpaired) electrons. The SMILES string of the molecule is COc1ccc(P2(=S)NC(=S)CN2c2cccc([N+](=O)[O-])c2)cc1. The van der Waals surface area contributed by atoms with E-state index in [-0.39, 0.29) is 5.69 Å². The molecule has 24 heavy (non-hydrogen) atoms. The fraction of sp³-hybridized carbons (Fsp3) is 0.133. The Balaban J connectivity index is 2.05. The molecule has 0 spiro atoms. The van der Waals surface area contributed by atoms with Crippen LogP contribution in [-0.4, -0.2) is 23.6 Å². The first kappa shape index (κ1) is 16.8. The Kier molecular flexibility index (Phi) is 4.54. The highest BCUT2D eigenvalue weighted by Crippen LogP contribution is 2.51. The topological polar surface area (TPSA) is 67.6 Å². The van der Waals surface area contributed by atoms with Gasteiger partial charge in [0.25, 0.3) is 5.69 Å². The molecule has 124 valence electrons. The van der Waals surface area contributed by atoms with Crippen LogP contribution in [-0.2, 0) is 11.8 Å². The molecule has 6 nitrogen and oxygen atoms in total. The van der Waals surface area contributed by atoms with Gasteiger partial charge in [0.15, 0.2) is 6.34 Å².